The van der Waals surface area contributed by atoms with E-state index in [9.17, 15) is 4.79 Å². The number of hydrogen-bond donors (Lipinski definition) is 0. The highest BCUT2D eigenvalue weighted by molar-refractivity contribution is 7.98. The molecule has 0 fully saturated rings. The second kappa shape index (κ2) is 6.42. The van der Waals surface area contributed by atoms with Gasteiger partial charge in [0, 0.05) is 34.9 Å². The molecule has 0 saturated heterocycles. The van der Waals surface area contributed by atoms with Gasteiger partial charge in [0.2, 0.25) is 11.1 Å². The number of amides is 1. The maximum Gasteiger partial charge on any atom is 0.253 e. The van der Waals surface area contributed by atoms with Crippen LogP contribution < -0.4 is 0 Å². The molecule has 0 N–H and O–H groups in total. The van der Waals surface area contributed by atoms with Gasteiger partial charge in [0.25, 0.3) is 5.78 Å². The fourth-order valence-electron chi connectivity index (χ4n) is 3.26. The van der Waals surface area contributed by atoms with Crippen LogP contribution in [0.15, 0.2) is 16.6 Å². The number of aryl methyl sites for hydroxylation is 2. The Labute approximate surface area is 154 Å². The number of thiophene rings is 1. The van der Waals surface area contributed by atoms with Crippen LogP contribution in [0, 0.1) is 13.8 Å². The van der Waals surface area contributed by atoms with Crippen LogP contribution in [0.5, 0.6) is 0 Å². The Morgan fingerprint density at radius 3 is 3.00 bits per heavy atom. The molecule has 3 aromatic rings. The minimum Gasteiger partial charge on any atom is -0.338 e. The Bertz CT molecular complexity index is 962. The highest BCUT2D eigenvalue weighted by Crippen LogP contribution is 2.25. The molecule has 0 unspecified atom stereocenters. The van der Waals surface area contributed by atoms with E-state index in [2.05, 4.69) is 26.5 Å². The molecular weight excluding hydrogens is 354 g/mol. The van der Waals surface area contributed by atoms with E-state index >= 15 is 0 Å². The zero-order valence-corrected chi connectivity index (χ0v) is 16.1. The summed E-state index contributed by atoms with van der Waals surface area (Å²) < 4.78 is 1.74. The van der Waals surface area contributed by atoms with Gasteiger partial charge < -0.3 is 4.90 Å². The van der Waals surface area contributed by atoms with Crippen LogP contribution in [0.1, 0.15) is 27.4 Å². The molecule has 0 saturated carbocycles. The third kappa shape index (κ3) is 2.93. The molecule has 3 aromatic heterocycles. The van der Waals surface area contributed by atoms with Gasteiger partial charge in [-0.05, 0) is 43.5 Å². The number of carbonyl (C=O) groups is 1. The molecule has 0 radical (unpaired) electrons. The zero-order chi connectivity index (χ0) is 17.6. The Hall–Kier alpha value is -1.93. The van der Waals surface area contributed by atoms with Gasteiger partial charge >= 0.3 is 0 Å². The lowest BCUT2D eigenvalue weighted by atomic mass is 10.1. The van der Waals surface area contributed by atoms with E-state index in [0.29, 0.717) is 23.9 Å². The third-order valence-corrected chi connectivity index (χ3v) is 6.26. The molecule has 25 heavy (non-hydrogen) atoms. The van der Waals surface area contributed by atoms with E-state index < -0.39 is 0 Å². The molecule has 6 nitrogen and oxygen atoms in total. The van der Waals surface area contributed by atoms with Gasteiger partial charge in [0.05, 0.1) is 6.42 Å². The van der Waals surface area contributed by atoms with Crippen molar-refractivity contribution in [1.82, 2.24) is 24.5 Å². The number of carbonyl (C=O) groups excluding carboxylic acids is 1. The molecule has 1 aliphatic rings. The van der Waals surface area contributed by atoms with Gasteiger partial charge in [-0.1, -0.05) is 11.8 Å². The summed E-state index contributed by atoms with van der Waals surface area (Å²) in [4.78, 5) is 25.1. The molecule has 0 atom stereocenters. The molecule has 0 aromatic carbocycles. The van der Waals surface area contributed by atoms with Gasteiger partial charge in [-0.2, -0.15) is 4.98 Å². The van der Waals surface area contributed by atoms with Crippen molar-refractivity contribution in [1.29, 1.82) is 0 Å². The quantitative estimate of drug-likeness (QED) is 0.661. The third-order valence-electron chi connectivity index (χ3n) is 4.70. The highest BCUT2D eigenvalue weighted by Gasteiger charge is 2.23. The molecule has 1 amide bonds. The van der Waals surface area contributed by atoms with Crippen molar-refractivity contribution in [3.05, 3.63) is 38.8 Å². The topological polar surface area (TPSA) is 63.4 Å². The molecule has 4 rings (SSSR count). The monoisotopic (exact) mass is 373 g/mol. The predicted molar refractivity (Wildman–Crippen MR) is 99.2 cm³/mol. The molecule has 4 heterocycles. The number of fused-ring (bicyclic) bond motifs is 2. The van der Waals surface area contributed by atoms with Crippen LogP contribution in [0.3, 0.4) is 0 Å². The summed E-state index contributed by atoms with van der Waals surface area (Å²) in [7, 11) is 0. The summed E-state index contributed by atoms with van der Waals surface area (Å²) in [6.45, 7) is 5.43. The molecular formula is C17H19N5OS2. The summed E-state index contributed by atoms with van der Waals surface area (Å²) in [5.41, 5.74) is 4.03. The van der Waals surface area contributed by atoms with E-state index in [-0.39, 0.29) is 5.91 Å². The summed E-state index contributed by atoms with van der Waals surface area (Å²) in [6.07, 6.45) is 3.25. The van der Waals surface area contributed by atoms with E-state index in [1.54, 1.807) is 15.9 Å². The van der Waals surface area contributed by atoms with Crippen molar-refractivity contribution < 1.29 is 4.79 Å². The highest BCUT2D eigenvalue weighted by atomic mass is 32.2. The van der Waals surface area contributed by atoms with Crippen molar-refractivity contribution in [3.63, 3.8) is 0 Å². The van der Waals surface area contributed by atoms with E-state index in [4.69, 9.17) is 0 Å². The summed E-state index contributed by atoms with van der Waals surface area (Å²) >= 11 is 3.27. The summed E-state index contributed by atoms with van der Waals surface area (Å²) in [6, 6.07) is 2.13. The Kier molecular flexibility index (Phi) is 4.24. The minimum absolute atomic E-state index is 0.148. The SMILES string of the molecule is CSc1nc2nc(C)c(CC(=O)N3CCc4sccc4C3)c(C)n2n1. The molecule has 0 bridgehead atoms. The molecule has 1 aliphatic heterocycles. The lowest BCUT2D eigenvalue weighted by Crippen LogP contribution is -2.36. The first kappa shape index (κ1) is 16.5. The molecule has 130 valence electrons. The largest absolute Gasteiger partial charge is 0.338 e. The van der Waals surface area contributed by atoms with Crippen LogP contribution in [0.4, 0.5) is 0 Å². The Morgan fingerprint density at radius 1 is 1.36 bits per heavy atom. The van der Waals surface area contributed by atoms with Gasteiger partial charge in [0.15, 0.2) is 0 Å². The fourth-order valence-corrected chi connectivity index (χ4v) is 4.48. The first-order valence-electron chi connectivity index (χ1n) is 8.16. The number of rotatable bonds is 3. The Morgan fingerprint density at radius 2 is 2.20 bits per heavy atom. The van der Waals surface area contributed by atoms with Crippen LogP contribution in [-0.2, 0) is 24.2 Å². The van der Waals surface area contributed by atoms with E-state index in [1.165, 1.54) is 22.2 Å². The van der Waals surface area contributed by atoms with Gasteiger partial charge in [0.1, 0.15) is 0 Å². The molecule has 8 heteroatoms. The number of aromatic nitrogens is 4. The molecule has 0 aliphatic carbocycles. The number of thioether (sulfide) groups is 1. The van der Waals surface area contributed by atoms with Crippen molar-refractivity contribution in [2.24, 2.45) is 0 Å². The van der Waals surface area contributed by atoms with Crippen LogP contribution in [0.25, 0.3) is 5.78 Å². The number of hydrogen-bond acceptors (Lipinski definition) is 6. The fraction of sp³-hybridized carbons (Fsp3) is 0.412. The normalized spacial score (nSPS) is 14.1. The van der Waals surface area contributed by atoms with Gasteiger partial charge in [-0.3, -0.25) is 4.79 Å². The summed E-state index contributed by atoms with van der Waals surface area (Å²) in [5, 5.41) is 7.26. The maximum atomic E-state index is 12.9. The standard InChI is InChI=1S/C17H19N5OS2/c1-10-13(11(2)22-16(18-10)19-17(20-22)24-3)8-15(23)21-6-4-14-12(9-21)5-7-25-14/h5,7H,4,6,8-9H2,1-3H3. The molecule has 0 spiro atoms. The van der Waals surface area contributed by atoms with Crippen molar-refractivity contribution in [2.45, 2.75) is 38.4 Å². The lowest BCUT2D eigenvalue weighted by Gasteiger charge is -2.27. The lowest BCUT2D eigenvalue weighted by molar-refractivity contribution is -0.131. The number of nitrogens with zero attached hydrogens (tertiary/aromatic N) is 5. The average Bonchev–Trinajstić information content (AvgIpc) is 3.23. The van der Waals surface area contributed by atoms with Crippen molar-refractivity contribution in [2.75, 3.05) is 12.8 Å². The predicted octanol–water partition coefficient (Wildman–Crippen LogP) is 2.65. The second-order valence-electron chi connectivity index (χ2n) is 6.18. The first-order valence-corrected chi connectivity index (χ1v) is 10.3. The summed E-state index contributed by atoms with van der Waals surface area (Å²) in [5.74, 6) is 0.742. The Balaban J connectivity index is 1.61. The average molecular weight is 374 g/mol. The van der Waals surface area contributed by atoms with E-state index in [1.807, 2.05) is 25.0 Å². The van der Waals surface area contributed by atoms with Gasteiger partial charge in [-0.25, -0.2) is 9.50 Å². The van der Waals surface area contributed by atoms with Gasteiger partial charge in [-0.15, -0.1) is 16.4 Å². The second-order valence-corrected chi connectivity index (χ2v) is 7.96. The first-order chi connectivity index (χ1) is 12.1. The van der Waals surface area contributed by atoms with Crippen LogP contribution >= 0.6 is 23.1 Å². The van der Waals surface area contributed by atoms with Crippen LogP contribution in [-0.4, -0.2) is 43.2 Å². The maximum absolute atomic E-state index is 12.9. The zero-order valence-electron chi connectivity index (χ0n) is 14.4. The minimum atomic E-state index is 0.148. The van der Waals surface area contributed by atoms with Crippen molar-refractivity contribution >= 4 is 34.8 Å². The van der Waals surface area contributed by atoms with E-state index in [0.717, 1.165) is 29.9 Å². The van der Waals surface area contributed by atoms with Crippen LogP contribution in [0.2, 0.25) is 0 Å². The smallest absolute Gasteiger partial charge is 0.253 e. The van der Waals surface area contributed by atoms with Crippen molar-refractivity contribution in [3.8, 4) is 0 Å².